The number of hydrogen-bond acceptors (Lipinski definition) is 8. The first-order valence-corrected chi connectivity index (χ1v) is 12.6. The van der Waals surface area contributed by atoms with Gasteiger partial charge in [-0.2, -0.15) is 0 Å². The third-order valence-electron chi connectivity index (χ3n) is 6.29. The quantitative estimate of drug-likeness (QED) is 0.482. The molecular formula is C27H29N3O4S. The minimum absolute atomic E-state index is 0.199. The van der Waals surface area contributed by atoms with Crippen LogP contribution in [0.15, 0.2) is 71.4 Å². The van der Waals surface area contributed by atoms with Crippen molar-refractivity contribution in [3.05, 3.63) is 81.9 Å². The van der Waals surface area contributed by atoms with Gasteiger partial charge in [0.1, 0.15) is 5.01 Å². The average molecular weight is 492 g/mol. The molecule has 3 heterocycles. The number of nitrogens with one attached hydrogen (secondary N) is 1. The van der Waals surface area contributed by atoms with Gasteiger partial charge in [-0.1, -0.05) is 36.4 Å². The Labute approximate surface area is 209 Å². The van der Waals surface area contributed by atoms with Crippen LogP contribution in [0.2, 0.25) is 0 Å². The van der Waals surface area contributed by atoms with Crippen LogP contribution in [0.5, 0.6) is 0 Å². The van der Waals surface area contributed by atoms with Gasteiger partial charge in [-0.15, -0.1) is 11.3 Å². The Balaban J connectivity index is 2.01. The van der Waals surface area contributed by atoms with Crippen LogP contribution >= 0.6 is 11.3 Å². The highest BCUT2D eigenvalue weighted by atomic mass is 32.1. The fraction of sp³-hybridized carbons (Fsp3) is 0.333. The first-order valence-electron chi connectivity index (χ1n) is 11.7. The number of nitrogens with zero attached hydrogens (tertiary/aromatic N) is 2. The number of benzene rings is 1. The zero-order chi connectivity index (χ0) is 25.0. The normalized spacial score (nSPS) is 21.8. The molecule has 2 aromatic heterocycles. The van der Waals surface area contributed by atoms with E-state index < -0.39 is 29.3 Å². The second kappa shape index (κ2) is 10.4. The van der Waals surface area contributed by atoms with E-state index in [0.717, 1.165) is 5.56 Å². The van der Waals surface area contributed by atoms with Crippen LogP contribution in [-0.4, -0.2) is 41.2 Å². The summed E-state index contributed by atoms with van der Waals surface area (Å²) >= 11 is 1.37. The zero-order valence-electron chi connectivity index (χ0n) is 20.3. The molecule has 35 heavy (non-hydrogen) atoms. The number of esters is 2. The van der Waals surface area contributed by atoms with Gasteiger partial charge >= 0.3 is 11.9 Å². The highest BCUT2D eigenvalue weighted by molar-refractivity contribution is 7.10. The molecule has 0 radical (unpaired) electrons. The number of hydrogen-bond donors (Lipinski definition) is 1. The summed E-state index contributed by atoms with van der Waals surface area (Å²) in [7, 11) is 0. The van der Waals surface area contributed by atoms with Gasteiger partial charge in [0, 0.05) is 29.2 Å². The van der Waals surface area contributed by atoms with Crippen LogP contribution in [0.1, 0.15) is 44.2 Å². The Morgan fingerprint density at radius 2 is 1.74 bits per heavy atom. The van der Waals surface area contributed by atoms with Gasteiger partial charge in [-0.05, 0) is 45.4 Å². The molecule has 8 heteroatoms. The summed E-state index contributed by atoms with van der Waals surface area (Å²) in [5.74, 6) is -1.57. The molecule has 0 saturated carbocycles. The summed E-state index contributed by atoms with van der Waals surface area (Å²) in [5.41, 5.74) is 1.95. The van der Waals surface area contributed by atoms with Crippen LogP contribution in [0.3, 0.4) is 0 Å². The topological polar surface area (TPSA) is 90.4 Å². The second-order valence-corrected chi connectivity index (χ2v) is 9.17. The molecule has 0 spiro atoms. The van der Waals surface area contributed by atoms with Crippen LogP contribution in [0.4, 0.5) is 0 Å². The Bertz CT molecular complexity index is 1230. The molecule has 1 N–H and O–H groups in total. The molecule has 0 aliphatic carbocycles. The molecule has 3 unspecified atom stereocenters. The van der Waals surface area contributed by atoms with Crippen molar-refractivity contribution in [2.45, 2.75) is 45.1 Å². The van der Waals surface area contributed by atoms with E-state index in [1.807, 2.05) is 67.8 Å². The predicted octanol–water partition coefficient (Wildman–Crippen LogP) is 4.62. The number of allylic oxidation sites excluding steroid dienone is 1. The minimum atomic E-state index is -1.31. The molecule has 1 aliphatic heterocycles. The Kier molecular flexibility index (Phi) is 7.31. The van der Waals surface area contributed by atoms with E-state index in [1.165, 1.54) is 11.3 Å². The van der Waals surface area contributed by atoms with Crippen molar-refractivity contribution in [3.8, 4) is 11.4 Å². The largest absolute Gasteiger partial charge is 0.465 e. The van der Waals surface area contributed by atoms with E-state index in [0.29, 0.717) is 27.7 Å². The van der Waals surface area contributed by atoms with Crippen LogP contribution < -0.4 is 5.32 Å². The van der Waals surface area contributed by atoms with Crippen molar-refractivity contribution < 1.29 is 19.1 Å². The fourth-order valence-corrected chi connectivity index (χ4v) is 5.92. The monoisotopic (exact) mass is 491 g/mol. The summed E-state index contributed by atoms with van der Waals surface area (Å²) in [4.78, 5) is 36.7. The fourth-order valence-electron chi connectivity index (χ4n) is 4.80. The van der Waals surface area contributed by atoms with E-state index in [-0.39, 0.29) is 13.2 Å². The molecule has 182 valence electrons. The standard InChI is InChI=1S/C27H29N3O4S/c1-5-33-24(31)22-17(3)29-18(4)27(26(32)34-6-2,23(22)19-12-8-7-9-13-19)25-30-21(16-35-25)20-14-10-11-15-28-20/h7-16,18,23,29H,5-6H2,1-4H3. The Hall–Kier alpha value is -3.52. The molecule has 4 rings (SSSR count). The number of ether oxygens (including phenoxy) is 2. The molecule has 0 fully saturated rings. The molecule has 3 aromatic rings. The maximum atomic E-state index is 14.0. The molecule has 1 aromatic carbocycles. The molecule has 3 atom stereocenters. The number of aromatic nitrogens is 2. The number of carbonyl (C=O) groups excluding carboxylic acids is 2. The zero-order valence-corrected chi connectivity index (χ0v) is 21.1. The third kappa shape index (κ3) is 4.34. The van der Waals surface area contributed by atoms with Gasteiger partial charge in [-0.25, -0.2) is 9.78 Å². The van der Waals surface area contributed by atoms with Crippen LogP contribution in [0.25, 0.3) is 11.4 Å². The molecule has 0 amide bonds. The lowest BCUT2D eigenvalue weighted by Gasteiger charge is -2.46. The first-order chi connectivity index (χ1) is 16.9. The van der Waals surface area contributed by atoms with Gasteiger partial charge in [0.15, 0.2) is 5.41 Å². The number of pyridine rings is 1. The maximum absolute atomic E-state index is 14.0. The average Bonchev–Trinajstić information content (AvgIpc) is 3.35. The van der Waals surface area contributed by atoms with E-state index in [4.69, 9.17) is 14.5 Å². The molecular weight excluding hydrogens is 462 g/mol. The highest BCUT2D eigenvalue weighted by Gasteiger charge is 2.60. The van der Waals surface area contributed by atoms with E-state index in [1.54, 1.807) is 20.0 Å². The Morgan fingerprint density at radius 3 is 2.40 bits per heavy atom. The lowest BCUT2D eigenvalue weighted by molar-refractivity contribution is -0.153. The molecule has 0 bridgehead atoms. The van der Waals surface area contributed by atoms with Crippen molar-refractivity contribution in [1.82, 2.24) is 15.3 Å². The summed E-state index contributed by atoms with van der Waals surface area (Å²) in [6, 6.07) is 14.7. The van der Waals surface area contributed by atoms with Gasteiger partial charge < -0.3 is 14.8 Å². The second-order valence-electron chi connectivity index (χ2n) is 8.31. The lowest BCUT2D eigenvalue weighted by Crippen LogP contribution is -2.60. The van der Waals surface area contributed by atoms with E-state index in [2.05, 4.69) is 10.3 Å². The van der Waals surface area contributed by atoms with Crippen molar-refractivity contribution >= 4 is 23.3 Å². The van der Waals surface area contributed by atoms with Crippen molar-refractivity contribution in [2.75, 3.05) is 13.2 Å². The highest BCUT2D eigenvalue weighted by Crippen LogP contribution is 2.51. The van der Waals surface area contributed by atoms with Gasteiger partial charge in [0.25, 0.3) is 0 Å². The van der Waals surface area contributed by atoms with Crippen molar-refractivity contribution in [2.24, 2.45) is 0 Å². The van der Waals surface area contributed by atoms with E-state index >= 15 is 0 Å². The SMILES string of the molecule is CCOC(=O)C1=C(C)NC(C)C(C(=O)OCC)(c2nc(-c3ccccn3)cs2)C1c1ccccc1. The third-order valence-corrected chi connectivity index (χ3v) is 7.28. The predicted molar refractivity (Wildman–Crippen MR) is 135 cm³/mol. The van der Waals surface area contributed by atoms with Gasteiger partial charge in [0.2, 0.25) is 0 Å². The van der Waals surface area contributed by atoms with Gasteiger partial charge in [0.05, 0.1) is 30.2 Å². The van der Waals surface area contributed by atoms with Crippen molar-refractivity contribution in [3.63, 3.8) is 0 Å². The molecule has 0 saturated heterocycles. The maximum Gasteiger partial charge on any atom is 0.336 e. The lowest BCUT2D eigenvalue weighted by atomic mass is 9.62. The summed E-state index contributed by atoms with van der Waals surface area (Å²) in [6.45, 7) is 7.74. The number of rotatable bonds is 7. The van der Waals surface area contributed by atoms with Crippen LogP contribution in [0, 0.1) is 0 Å². The number of thiazole rings is 1. The number of carbonyl (C=O) groups is 2. The van der Waals surface area contributed by atoms with Gasteiger partial charge in [-0.3, -0.25) is 9.78 Å². The first kappa shape index (κ1) is 24.6. The Morgan fingerprint density at radius 1 is 1.03 bits per heavy atom. The molecule has 7 nitrogen and oxygen atoms in total. The summed E-state index contributed by atoms with van der Waals surface area (Å²) < 4.78 is 11.2. The van der Waals surface area contributed by atoms with E-state index in [9.17, 15) is 9.59 Å². The smallest absolute Gasteiger partial charge is 0.336 e. The summed E-state index contributed by atoms with van der Waals surface area (Å²) in [6.07, 6.45) is 1.71. The van der Waals surface area contributed by atoms with Crippen molar-refractivity contribution in [1.29, 1.82) is 0 Å². The van der Waals surface area contributed by atoms with Crippen LogP contribution in [-0.2, 0) is 24.5 Å². The summed E-state index contributed by atoms with van der Waals surface area (Å²) in [5, 5.41) is 5.82. The minimum Gasteiger partial charge on any atom is -0.465 e. The molecule has 1 aliphatic rings.